The highest BCUT2D eigenvalue weighted by molar-refractivity contribution is 5.81. The van der Waals surface area contributed by atoms with Crippen LogP contribution >= 0.6 is 0 Å². The van der Waals surface area contributed by atoms with E-state index in [0.29, 0.717) is 31.9 Å². The number of alkyl halides is 3. The predicted octanol–water partition coefficient (Wildman–Crippen LogP) is 2.16. The molecule has 0 radical (unpaired) electrons. The van der Waals surface area contributed by atoms with Gasteiger partial charge in [0.15, 0.2) is 0 Å². The number of hydrogen-bond donors (Lipinski definition) is 0. The number of rotatable bonds is 2. The Hall–Kier alpha value is -1.79. The number of carbonyl (C=O) groups is 1. The van der Waals surface area contributed by atoms with Crippen LogP contribution in [-0.2, 0) is 11.0 Å². The maximum absolute atomic E-state index is 12.5. The highest BCUT2D eigenvalue weighted by Crippen LogP contribution is 2.32. The summed E-state index contributed by atoms with van der Waals surface area (Å²) in [5.41, 5.74) is -0.213. The zero-order chi connectivity index (χ0) is 15.0. The summed E-state index contributed by atoms with van der Waals surface area (Å²) in [6.45, 7) is 2.50. The fourth-order valence-corrected chi connectivity index (χ4v) is 2.51. The molecule has 1 aromatic rings. The minimum Gasteiger partial charge on any atom is -0.367 e. The Kier molecular flexibility index (Phi) is 3.51. The van der Waals surface area contributed by atoms with Crippen molar-refractivity contribution in [3.05, 3.63) is 24.0 Å². The van der Waals surface area contributed by atoms with Crippen LogP contribution in [0, 0.1) is 5.92 Å². The largest absolute Gasteiger partial charge is 0.433 e. The number of halogens is 3. The minimum absolute atomic E-state index is 0.212. The van der Waals surface area contributed by atoms with Crippen LogP contribution in [0.4, 0.5) is 18.9 Å². The van der Waals surface area contributed by atoms with Gasteiger partial charge in [-0.1, -0.05) is 0 Å². The Morgan fingerprint density at radius 2 is 1.81 bits per heavy atom. The smallest absolute Gasteiger partial charge is 0.367 e. The summed E-state index contributed by atoms with van der Waals surface area (Å²) in [5, 5.41) is 0. The van der Waals surface area contributed by atoms with Crippen molar-refractivity contribution in [2.24, 2.45) is 5.92 Å². The molecule has 0 bridgehead atoms. The van der Waals surface area contributed by atoms with Crippen molar-refractivity contribution in [3.63, 3.8) is 0 Å². The first-order valence-electron chi connectivity index (χ1n) is 7.02. The van der Waals surface area contributed by atoms with Gasteiger partial charge in [0.1, 0.15) is 5.69 Å². The molecule has 3 rings (SSSR count). The van der Waals surface area contributed by atoms with E-state index in [2.05, 4.69) is 4.98 Å². The van der Waals surface area contributed by atoms with Gasteiger partial charge >= 0.3 is 6.18 Å². The van der Waals surface area contributed by atoms with Crippen LogP contribution in [0.2, 0.25) is 0 Å². The van der Waals surface area contributed by atoms with Gasteiger partial charge in [-0.15, -0.1) is 0 Å². The summed E-state index contributed by atoms with van der Waals surface area (Å²) in [5.74, 6) is 0.435. The second-order valence-corrected chi connectivity index (χ2v) is 5.49. The van der Waals surface area contributed by atoms with Crippen molar-refractivity contribution in [3.8, 4) is 0 Å². The van der Waals surface area contributed by atoms with Crippen LogP contribution in [0.3, 0.4) is 0 Å². The molecule has 1 aliphatic heterocycles. The van der Waals surface area contributed by atoms with Gasteiger partial charge in [0.05, 0.1) is 11.9 Å². The first kappa shape index (κ1) is 14.2. The van der Waals surface area contributed by atoms with Gasteiger partial charge < -0.3 is 9.80 Å². The van der Waals surface area contributed by atoms with E-state index in [4.69, 9.17) is 0 Å². The fraction of sp³-hybridized carbons (Fsp3) is 0.571. The molecule has 114 valence electrons. The minimum atomic E-state index is -4.41. The van der Waals surface area contributed by atoms with Crippen LogP contribution < -0.4 is 4.90 Å². The number of aromatic nitrogens is 1. The molecule has 2 fully saturated rings. The molecule has 1 saturated heterocycles. The van der Waals surface area contributed by atoms with Crippen LogP contribution in [0.1, 0.15) is 18.5 Å². The second-order valence-electron chi connectivity index (χ2n) is 5.49. The lowest BCUT2D eigenvalue weighted by Crippen LogP contribution is -2.49. The molecule has 7 heteroatoms. The molecule has 1 aromatic heterocycles. The lowest BCUT2D eigenvalue weighted by molar-refractivity contribution is -0.141. The van der Waals surface area contributed by atoms with Gasteiger partial charge in [0.25, 0.3) is 0 Å². The Morgan fingerprint density at radius 3 is 2.29 bits per heavy atom. The monoisotopic (exact) mass is 299 g/mol. The third-order valence-corrected chi connectivity index (χ3v) is 3.92. The lowest BCUT2D eigenvalue weighted by Gasteiger charge is -2.36. The Bertz CT molecular complexity index is 517. The first-order chi connectivity index (χ1) is 9.95. The number of carbonyl (C=O) groups excluding carboxylic acids is 1. The second kappa shape index (κ2) is 5.20. The molecular formula is C14H16F3N3O. The summed E-state index contributed by atoms with van der Waals surface area (Å²) < 4.78 is 37.4. The third kappa shape index (κ3) is 3.11. The summed E-state index contributed by atoms with van der Waals surface area (Å²) >= 11 is 0. The molecule has 0 atom stereocenters. The summed E-state index contributed by atoms with van der Waals surface area (Å²) in [7, 11) is 0. The number of pyridine rings is 1. The summed E-state index contributed by atoms with van der Waals surface area (Å²) in [6.07, 6.45) is -1.18. The van der Waals surface area contributed by atoms with Gasteiger partial charge in [0.2, 0.25) is 5.91 Å². The van der Waals surface area contributed by atoms with E-state index in [-0.39, 0.29) is 11.8 Å². The maximum Gasteiger partial charge on any atom is 0.433 e. The van der Waals surface area contributed by atoms with Crippen LogP contribution in [0.5, 0.6) is 0 Å². The van der Waals surface area contributed by atoms with E-state index in [1.54, 1.807) is 0 Å². The van der Waals surface area contributed by atoms with Crippen molar-refractivity contribution < 1.29 is 18.0 Å². The van der Waals surface area contributed by atoms with Gasteiger partial charge in [-0.05, 0) is 25.0 Å². The average molecular weight is 299 g/mol. The molecule has 1 saturated carbocycles. The Balaban J connectivity index is 1.60. The summed E-state index contributed by atoms with van der Waals surface area (Å²) in [6, 6.07) is 2.44. The van der Waals surface area contributed by atoms with Gasteiger partial charge in [-0.3, -0.25) is 4.79 Å². The molecule has 4 nitrogen and oxygen atoms in total. The third-order valence-electron chi connectivity index (χ3n) is 3.92. The molecular weight excluding hydrogens is 283 g/mol. The number of amides is 1. The van der Waals surface area contributed by atoms with E-state index in [9.17, 15) is 18.0 Å². The van der Waals surface area contributed by atoms with Crippen LogP contribution in [-0.4, -0.2) is 42.0 Å². The van der Waals surface area contributed by atoms with E-state index in [1.807, 2.05) is 9.80 Å². The molecule has 1 aliphatic carbocycles. The number of nitrogens with zero attached hydrogens (tertiary/aromatic N) is 3. The van der Waals surface area contributed by atoms with Crippen molar-refractivity contribution >= 4 is 11.6 Å². The highest BCUT2D eigenvalue weighted by Gasteiger charge is 2.35. The number of piperazine rings is 1. The van der Waals surface area contributed by atoms with Crippen molar-refractivity contribution in [2.75, 3.05) is 31.1 Å². The normalized spacial score (nSPS) is 19.8. The fourth-order valence-electron chi connectivity index (χ4n) is 2.51. The molecule has 1 amide bonds. The van der Waals surface area contributed by atoms with Crippen LogP contribution in [0.15, 0.2) is 18.3 Å². The maximum atomic E-state index is 12.5. The quantitative estimate of drug-likeness (QED) is 0.839. The van der Waals surface area contributed by atoms with Crippen molar-refractivity contribution in [2.45, 2.75) is 19.0 Å². The molecule has 0 N–H and O–H groups in total. The van der Waals surface area contributed by atoms with Crippen LogP contribution in [0.25, 0.3) is 0 Å². The SMILES string of the molecule is O=C(C1CC1)N1CCN(c2ccc(C(F)(F)F)nc2)CC1. The molecule has 2 heterocycles. The molecule has 2 aliphatic rings. The standard InChI is InChI=1S/C14H16F3N3O/c15-14(16,17)12-4-3-11(9-18-12)19-5-7-20(8-6-19)13(21)10-1-2-10/h3-4,9-10H,1-2,5-8H2. The van der Waals surface area contributed by atoms with E-state index in [0.717, 1.165) is 18.9 Å². The van der Waals surface area contributed by atoms with Gasteiger partial charge in [-0.2, -0.15) is 13.2 Å². The Labute approximate surface area is 120 Å². The van der Waals surface area contributed by atoms with Gasteiger partial charge in [0, 0.05) is 32.1 Å². The molecule has 0 unspecified atom stereocenters. The zero-order valence-electron chi connectivity index (χ0n) is 11.4. The number of hydrogen-bond acceptors (Lipinski definition) is 3. The highest BCUT2D eigenvalue weighted by atomic mass is 19.4. The number of anilines is 1. The van der Waals surface area contributed by atoms with Gasteiger partial charge in [-0.25, -0.2) is 4.98 Å². The zero-order valence-corrected chi connectivity index (χ0v) is 11.4. The van der Waals surface area contributed by atoms with E-state index < -0.39 is 11.9 Å². The molecule has 0 spiro atoms. The van der Waals surface area contributed by atoms with Crippen molar-refractivity contribution in [1.29, 1.82) is 0 Å². The predicted molar refractivity (Wildman–Crippen MR) is 70.8 cm³/mol. The summed E-state index contributed by atoms with van der Waals surface area (Å²) in [4.78, 5) is 19.2. The average Bonchev–Trinajstić information content (AvgIpc) is 3.31. The van der Waals surface area contributed by atoms with E-state index in [1.165, 1.54) is 12.3 Å². The van der Waals surface area contributed by atoms with E-state index >= 15 is 0 Å². The Morgan fingerprint density at radius 1 is 1.14 bits per heavy atom. The lowest BCUT2D eigenvalue weighted by atomic mass is 10.2. The topological polar surface area (TPSA) is 36.4 Å². The molecule has 0 aromatic carbocycles. The molecule has 21 heavy (non-hydrogen) atoms. The first-order valence-corrected chi connectivity index (χ1v) is 7.02. The van der Waals surface area contributed by atoms with Crippen molar-refractivity contribution in [1.82, 2.24) is 9.88 Å².